The van der Waals surface area contributed by atoms with Crippen molar-refractivity contribution >= 4 is 0 Å². The molecule has 1 aromatic carbocycles. The van der Waals surface area contributed by atoms with Crippen molar-refractivity contribution in [1.29, 1.82) is 0 Å². The molecule has 0 N–H and O–H groups in total. The van der Waals surface area contributed by atoms with E-state index in [4.69, 9.17) is 9.47 Å². The fraction of sp³-hybridized carbons (Fsp3) is 0.667. The van der Waals surface area contributed by atoms with Crippen molar-refractivity contribution in [1.82, 2.24) is 0 Å². The smallest absolute Gasteiger partial charge is 0.161 e. The van der Waals surface area contributed by atoms with Crippen LogP contribution in [0.15, 0.2) is 36.9 Å². The Labute approximate surface area is 162 Å². The molecule has 0 spiro atoms. The number of allylic oxidation sites excluding steroid dienone is 1. The van der Waals surface area contributed by atoms with Crippen molar-refractivity contribution in [2.24, 2.45) is 0 Å². The Morgan fingerprint density at radius 1 is 0.885 bits per heavy atom. The highest BCUT2D eigenvalue weighted by atomic mass is 16.5. The maximum atomic E-state index is 6.13. The molecular formula is C24H40O2. The third kappa shape index (κ3) is 11.2. The van der Waals surface area contributed by atoms with Crippen LogP contribution in [-0.2, 0) is 0 Å². The van der Waals surface area contributed by atoms with Crippen molar-refractivity contribution in [2.75, 3.05) is 6.61 Å². The first-order valence-electron chi connectivity index (χ1n) is 10.8. The van der Waals surface area contributed by atoms with Gasteiger partial charge in [0.1, 0.15) is 0 Å². The van der Waals surface area contributed by atoms with Crippen molar-refractivity contribution in [2.45, 2.75) is 97.0 Å². The normalized spacial score (nSPS) is 11.9. The Kier molecular flexibility index (Phi) is 13.7. The number of hydrogen-bond donors (Lipinski definition) is 0. The quantitative estimate of drug-likeness (QED) is 0.209. The lowest BCUT2D eigenvalue weighted by Gasteiger charge is -2.17. The lowest BCUT2D eigenvalue weighted by molar-refractivity contribution is 0.191. The Hall–Kier alpha value is -1.44. The number of ether oxygens (including phenoxy) is 2. The van der Waals surface area contributed by atoms with Gasteiger partial charge in [0.25, 0.3) is 0 Å². The fourth-order valence-electron chi connectivity index (χ4n) is 3.08. The maximum Gasteiger partial charge on any atom is 0.161 e. The summed E-state index contributed by atoms with van der Waals surface area (Å²) in [5, 5.41) is 0. The average molecular weight is 361 g/mol. The van der Waals surface area contributed by atoms with Crippen LogP contribution in [0.2, 0.25) is 0 Å². The molecule has 26 heavy (non-hydrogen) atoms. The monoisotopic (exact) mass is 360 g/mol. The van der Waals surface area contributed by atoms with Gasteiger partial charge in [-0.25, -0.2) is 0 Å². The van der Waals surface area contributed by atoms with Gasteiger partial charge in [-0.15, -0.1) is 6.58 Å². The first-order valence-corrected chi connectivity index (χ1v) is 10.8. The molecule has 0 saturated carbocycles. The number of rotatable bonds is 17. The SMILES string of the molecule is C=CCCCCCCCCOc1ccccc1OC(C)CCCCCC. The van der Waals surface area contributed by atoms with Gasteiger partial charge < -0.3 is 9.47 Å². The average Bonchev–Trinajstić information content (AvgIpc) is 2.65. The molecule has 0 saturated heterocycles. The van der Waals surface area contributed by atoms with Gasteiger partial charge in [0, 0.05) is 0 Å². The summed E-state index contributed by atoms with van der Waals surface area (Å²) in [7, 11) is 0. The van der Waals surface area contributed by atoms with Gasteiger partial charge in [-0.3, -0.25) is 0 Å². The van der Waals surface area contributed by atoms with Crippen molar-refractivity contribution < 1.29 is 9.47 Å². The van der Waals surface area contributed by atoms with E-state index in [-0.39, 0.29) is 6.10 Å². The molecule has 0 amide bonds. The molecule has 0 heterocycles. The summed E-state index contributed by atoms with van der Waals surface area (Å²) in [5.74, 6) is 1.78. The van der Waals surface area contributed by atoms with Crippen LogP contribution in [0.3, 0.4) is 0 Å². The van der Waals surface area contributed by atoms with E-state index in [1.165, 1.54) is 57.8 Å². The van der Waals surface area contributed by atoms with Crippen LogP contribution in [0.5, 0.6) is 11.5 Å². The van der Waals surface area contributed by atoms with Gasteiger partial charge >= 0.3 is 0 Å². The van der Waals surface area contributed by atoms with E-state index >= 15 is 0 Å². The highest BCUT2D eigenvalue weighted by Crippen LogP contribution is 2.28. The molecule has 148 valence electrons. The summed E-state index contributed by atoms with van der Waals surface area (Å²) in [6.45, 7) is 8.95. The third-order valence-electron chi connectivity index (χ3n) is 4.70. The topological polar surface area (TPSA) is 18.5 Å². The minimum Gasteiger partial charge on any atom is -0.490 e. The van der Waals surface area contributed by atoms with Crippen LogP contribution in [0.1, 0.15) is 90.9 Å². The second kappa shape index (κ2) is 15.8. The summed E-state index contributed by atoms with van der Waals surface area (Å²) in [5.41, 5.74) is 0. The van der Waals surface area contributed by atoms with E-state index in [1.54, 1.807) is 0 Å². The van der Waals surface area contributed by atoms with Crippen molar-refractivity contribution in [3.63, 3.8) is 0 Å². The molecule has 2 nitrogen and oxygen atoms in total. The lowest BCUT2D eigenvalue weighted by Crippen LogP contribution is -2.12. The van der Waals surface area contributed by atoms with Crippen LogP contribution >= 0.6 is 0 Å². The maximum absolute atomic E-state index is 6.13. The Morgan fingerprint density at radius 2 is 1.54 bits per heavy atom. The van der Waals surface area contributed by atoms with Crippen LogP contribution in [0, 0.1) is 0 Å². The highest BCUT2D eigenvalue weighted by Gasteiger charge is 2.09. The zero-order valence-corrected chi connectivity index (χ0v) is 17.2. The van der Waals surface area contributed by atoms with E-state index in [2.05, 4.69) is 20.4 Å². The first kappa shape index (κ1) is 22.6. The lowest BCUT2D eigenvalue weighted by atomic mass is 10.1. The predicted molar refractivity (Wildman–Crippen MR) is 113 cm³/mol. The molecule has 1 unspecified atom stereocenters. The molecule has 1 aromatic rings. The molecule has 2 heteroatoms. The Morgan fingerprint density at radius 3 is 2.27 bits per heavy atom. The van der Waals surface area contributed by atoms with Gasteiger partial charge in [0.05, 0.1) is 12.7 Å². The summed E-state index contributed by atoms with van der Waals surface area (Å²) in [4.78, 5) is 0. The third-order valence-corrected chi connectivity index (χ3v) is 4.70. The largest absolute Gasteiger partial charge is 0.490 e. The molecule has 0 bridgehead atoms. The number of benzene rings is 1. The Balaban J connectivity index is 2.21. The molecule has 1 atom stereocenters. The standard InChI is InChI=1S/C24H40O2/c1-4-6-8-10-11-12-13-17-21-25-23-19-15-16-20-24(23)26-22(3)18-14-9-7-5-2/h4,15-16,19-20,22H,1,5-14,17-18,21H2,2-3H3. The van der Waals surface area contributed by atoms with Crippen LogP contribution in [0.4, 0.5) is 0 Å². The van der Waals surface area contributed by atoms with Crippen LogP contribution < -0.4 is 9.47 Å². The van der Waals surface area contributed by atoms with E-state index < -0.39 is 0 Å². The van der Waals surface area contributed by atoms with E-state index in [0.29, 0.717) is 0 Å². The van der Waals surface area contributed by atoms with Gasteiger partial charge in [-0.05, 0) is 51.2 Å². The molecule has 1 rings (SSSR count). The van der Waals surface area contributed by atoms with Gasteiger partial charge in [0.15, 0.2) is 11.5 Å². The summed E-state index contributed by atoms with van der Waals surface area (Å²) >= 11 is 0. The predicted octanol–water partition coefficient (Wildman–Crippen LogP) is 7.72. The minimum absolute atomic E-state index is 0.243. The zero-order chi connectivity index (χ0) is 18.9. The molecule has 0 aliphatic rings. The highest BCUT2D eigenvalue weighted by molar-refractivity contribution is 5.39. The van der Waals surface area contributed by atoms with Gasteiger partial charge in [-0.2, -0.15) is 0 Å². The van der Waals surface area contributed by atoms with Gasteiger partial charge in [0.2, 0.25) is 0 Å². The van der Waals surface area contributed by atoms with E-state index in [9.17, 15) is 0 Å². The molecule has 0 fully saturated rings. The summed E-state index contributed by atoms with van der Waals surface area (Å²) < 4.78 is 12.1. The van der Waals surface area contributed by atoms with E-state index in [0.717, 1.165) is 37.4 Å². The van der Waals surface area contributed by atoms with Gasteiger partial charge in [-0.1, -0.05) is 70.1 Å². The second-order valence-corrected chi connectivity index (χ2v) is 7.27. The second-order valence-electron chi connectivity index (χ2n) is 7.27. The fourth-order valence-corrected chi connectivity index (χ4v) is 3.08. The molecule has 0 aromatic heterocycles. The number of unbranched alkanes of at least 4 members (excludes halogenated alkanes) is 9. The van der Waals surface area contributed by atoms with Crippen LogP contribution in [-0.4, -0.2) is 12.7 Å². The van der Waals surface area contributed by atoms with E-state index in [1.807, 2.05) is 30.3 Å². The first-order chi connectivity index (χ1) is 12.8. The molecule has 0 radical (unpaired) electrons. The Bertz CT molecular complexity index is 455. The summed E-state index contributed by atoms with van der Waals surface area (Å²) in [6.07, 6.45) is 17.2. The number of hydrogen-bond acceptors (Lipinski definition) is 2. The van der Waals surface area contributed by atoms with Crippen molar-refractivity contribution in [3.05, 3.63) is 36.9 Å². The molecular weight excluding hydrogens is 320 g/mol. The molecule has 0 aliphatic carbocycles. The zero-order valence-electron chi connectivity index (χ0n) is 17.2. The van der Waals surface area contributed by atoms with Crippen molar-refractivity contribution in [3.8, 4) is 11.5 Å². The number of para-hydroxylation sites is 2. The molecule has 0 aliphatic heterocycles. The summed E-state index contributed by atoms with van der Waals surface area (Å²) in [6, 6.07) is 8.09. The minimum atomic E-state index is 0.243. The van der Waals surface area contributed by atoms with Crippen LogP contribution in [0.25, 0.3) is 0 Å².